The molecule has 1 heterocycles. The second-order valence-corrected chi connectivity index (χ2v) is 6.49. The molecule has 0 aliphatic heterocycles. The Morgan fingerprint density at radius 1 is 1.57 bits per heavy atom. The number of anilines is 1. The fourth-order valence-electron chi connectivity index (χ4n) is 2.03. The summed E-state index contributed by atoms with van der Waals surface area (Å²) in [5.74, 6) is 0.233. The smallest absolute Gasteiger partial charge is 0.328 e. The van der Waals surface area contributed by atoms with Crippen molar-refractivity contribution in [1.29, 1.82) is 0 Å². The summed E-state index contributed by atoms with van der Waals surface area (Å²) in [7, 11) is 1.35. The van der Waals surface area contributed by atoms with Crippen LogP contribution in [-0.4, -0.2) is 28.9 Å². The third kappa shape index (κ3) is 3.84. The zero-order valence-electron chi connectivity index (χ0n) is 12.4. The quantitative estimate of drug-likeness (QED) is 0.788. The lowest BCUT2D eigenvalue weighted by molar-refractivity contribution is -0.142. The van der Waals surface area contributed by atoms with E-state index in [1.807, 2.05) is 13.8 Å². The van der Waals surface area contributed by atoms with Crippen molar-refractivity contribution >= 4 is 27.6 Å². The molecule has 1 aliphatic rings. The summed E-state index contributed by atoms with van der Waals surface area (Å²) in [6, 6.07) is -0.521. The van der Waals surface area contributed by atoms with E-state index in [4.69, 9.17) is 4.74 Å². The Balaban J connectivity index is 2.21. The van der Waals surface area contributed by atoms with Crippen molar-refractivity contribution in [3.63, 3.8) is 0 Å². The van der Waals surface area contributed by atoms with Crippen LogP contribution in [0.4, 0.5) is 5.69 Å². The summed E-state index contributed by atoms with van der Waals surface area (Å²) < 4.78 is 6.64. The molecule has 0 radical (unpaired) electrons. The molecule has 1 N–H and O–H groups in total. The van der Waals surface area contributed by atoms with Crippen molar-refractivity contribution in [3.05, 3.63) is 21.0 Å². The molecule has 1 saturated carbocycles. The van der Waals surface area contributed by atoms with E-state index in [1.54, 1.807) is 6.20 Å². The van der Waals surface area contributed by atoms with Crippen molar-refractivity contribution < 1.29 is 9.53 Å². The van der Waals surface area contributed by atoms with Gasteiger partial charge in [-0.2, -0.15) is 5.10 Å². The van der Waals surface area contributed by atoms with E-state index in [2.05, 4.69) is 26.3 Å². The van der Waals surface area contributed by atoms with E-state index >= 15 is 0 Å². The van der Waals surface area contributed by atoms with Gasteiger partial charge in [-0.3, -0.25) is 4.79 Å². The van der Waals surface area contributed by atoms with Gasteiger partial charge in [0, 0.05) is 6.54 Å². The maximum absolute atomic E-state index is 12.2. The average Bonchev–Trinajstić information content (AvgIpc) is 3.26. The first-order valence-electron chi connectivity index (χ1n) is 7.04. The normalized spacial score (nSPS) is 15.9. The van der Waals surface area contributed by atoms with Crippen LogP contribution in [0.5, 0.6) is 0 Å². The fraction of sp³-hybridized carbons (Fsp3) is 0.643. The Hall–Kier alpha value is -1.37. The van der Waals surface area contributed by atoms with Gasteiger partial charge in [0.2, 0.25) is 0 Å². The zero-order valence-corrected chi connectivity index (χ0v) is 14.0. The molecule has 7 heteroatoms. The molecule has 1 unspecified atom stereocenters. The van der Waals surface area contributed by atoms with Crippen LogP contribution in [0.1, 0.15) is 26.7 Å². The molecule has 1 aromatic heterocycles. The molecule has 1 aromatic rings. The second kappa shape index (κ2) is 6.60. The second-order valence-electron chi connectivity index (χ2n) is 5.69. The minimum Gasteiger partial charge on any atom is -0.467 e. The van der Waals surface area contributed by atoms with Crippen LogP contribution in [0.3, 0.4) is 0 Å². The first-order chi connectivity index (χ1) is 9.93. The van der Waals surface area contributed by atoms with Crippen molar-refractivity contribution in [2.45, 2.75) is 39.3 Å². The number of nitrogens with one attached hydrogen (secondary N) is 1. The van der Waals surface area contributed by atoms with Gasteiger partial charge in [0.05, 0.1) is 19.0 Å². The highest BCUT2D eigenvalue weighted by Gasteiger charge is 2.26. The topological polar surface area (TPSA) is 73.2 Å². The SMILES string of the molecule is COC(=O)C(Nc1cnn(CC2CC2)c(=O)c1Br)C(C)C. The molecule has 21 heavy (non-hydrogen) atoms. The predicted molar refractivity (Wildman–Crippen MR) is 83.2 cm³/mol. The van der Waals surface area contributed by atoms with Gasteiger partial charge in [0.15, 0.2) is 0 Å². The maximum Gasteiger partial charge on any atom is 0.328 e. The summed E-state index contributed by atoms with van der Waals surface area (Å²) in [4.78, 5) is 24.0. The molecule has 2 rings (SSSR count). The molecule has 1 aliphatic carbocycles. The van der Waals surface area contributed by atoms with E-state index in [9.17, 15) is 9.59 Å². The first-order valence-corrected chi connectivity index (χ1v) is 7.83. The number of esters is 1. The summed E-state index contributed by atoms with van der Waals surface area (Å²) in [6.07, 6.45) is 3.89. The molecule has 1 atom stereocenters. The summed E-state index contributed by atoms with van der Waals surface area (Å²) in [6.45, 7) is 4.47. The van der Waals surface area contributed by atoms with E-state index in [-0.39, 0.29) is 17.4 Å². The van der Waals surface area contributed by atoms with E-state index < -0.39 is 6.04 Å². The largest absolute Gasteiger partial charge is 0.467 e. The Labute approximate surface area is 132 Å². The van der Waals surface area contributed by atoms with E-state index in [0.29, 0.717) is 22.6 Å². The summed E-state index contributed by atoms with van der Waals surface area (Å²) in [5, 5.41) is 7.21. The first kappa shape index (κ1) is 16.0. The summed E-state index contributed by atoms with van der Waals surface area (Å²) >= 11 is 3.30. The molecule has 0 saturated heterocycles. The number of hydrogen-bond donors (Lipinski definition) is 1. The lowest BCUT2D eigenvalue weighted by atomic mass is 10.0. The number of methoxy groups -OCH3 is 1. The fourth-order valence-corrected chi connectivity index (χ4v) is 2.45. The van der Waals surface area contributed by atoms with Crippen LogP contribution < -0.4 is 10.9 Å². The highest BCUT2D eigenvalue weighted by molar-refractivity contribution is 9.10. The monoisotopic (exact) mass is 357 g/mol. The Morgan fingerprint density at radius 3 is 2.76 bits per heavy atom. The van der Waals surface area contributed by atoms with Gasteiger partial charge in [-0.1, -0.05) is 13.8 Å². The van der Waals surface area contributed by atoms with Gasteiger partial charge in [-0.15, -0.1) is 0 Å². The molecule has 0 spiro atoms. The molecule has 0 aromatic carbocycles. The highest BCUT2D eigenvalue weighted by Crippen LogP contribution is 2.30. The number of nitrogens with zero attached hydrogens (tertiary/aromatic N) is 2. The molecular formula is C14H20BrN3O3. The Bertz CT molecular complexity index is 581. The number of aromatic nitrogens is 2. The van der Waals surface area contributed by atoms with Crippen LogP contribution >= 0.6 is 15.9 Å². The maximum atomic E-state index is 12.2. The van der Waals surface area contributed by atoms with Gasteiger partial charge in [-0.05, 0) is 40.6 Å². The van der Waals surface area contributed by atoms with Gasteiger partial charge < -0.3 is 10.1 Å². The third-order valence-electron chi connectivity index (χ3n) is 3.55. The number of ether oxygens (including phenoxy) is 1. The zero-order chi connectivity index (χ0) is 15.6. The van der Waals surface area contributed by atoms with Gasteiger partial charge >= 0.3 is 5.97 Å². The standard InChI is InChI=1S/C14H20BrN3O3/c1-8(2)12(14(20)21-3)17-10-6-16-18(7-9-4-5-9)13(19)11(10)15/h6,8-9,12,17H,4-5,7H2,1-3H3. The number of carbonyl (C=O) groups excluding carboxylic acids is 1. The number of hydrogen-bond acceptors (Lipinski definition) is 5. The molecular weight excluding hydrogens is 338 g/mol. The van der Waals surface area contributed by atoms with E-state index in [0.717, 1.165) is 12.8 Å². The Kier molecular flexibility index (Phi) is 5.03. The van der Waals surface area contributed by atoms with Crippen LogP contribution in [0.15, 0.2) is 15.5 Å². The molecule has 1 fully saturated rings. The number of carbonyl (C=O) groups is 1. The van der Waals surface area contributed by atoms with Gasteiger partial charge in [0.1, 0.15) is 10.5 Å². The lowest BCUT2D eigenvalue weighted by Gasteiger charge is -2.21. The van der Waals surface area contributed by atoms with E-state index in [1.165, 1.54) is 11.8 Å². The predicted octanol–water partition coefficient (Wildman–Crippen LogP) is 2.03. The van der Waals surface area contributed by atoms with Crippen molar-refractivity contribution in [2.75, 3.05) is 12.4 Å². The molecule has 0 amide bonds. The average molecular weight is 358 g/mol. The molecule has 6 nitrogen and oxygen atoms in total. The molecule has 116 valence electrons. The number of halogens is 1. The Morgan fingerprint density at radius 2 is 2.24 bits per heavy atom. The highest BCUT2D eigenvalue weighted by atomic mass is 79.9. The van der Waals surface area contributed by atoms with Crippen LogP contribution in [0.2, 0.25) is 0 Å². The van der Waals surface area contributed by atoms with Crippen LogP contribution in [0, 0.1) is 11.8 Å². The van der Waals surface area contributed by atoms with Gasteiger partial charge in [0.25, 0.3) is 5.56 Å². The van der Waals surface area contributed by atoms with Gasteiger partial charge in [-0.25, -0.2) is 9.48 Å². The lowest BCUT2D eigenvalue weighted by Crippen LogP contribution is -2.36. The number of rotatable bonds is 6. The van der Waals surface area contributed by atoms with Crippen LogP contribution in [-0.2, 0) is 16.1 Å². The van der Waals surface area contributed by atoms with Crippen molar-refractivity contribution in [2.24, 2.45) is 11.8 Å². The van der Waals surface area contributed by atoms with Crippen LogP contribution in [0.25, 0.3) is 0 Å². The molecule has 0 bridgehead atoms. The third-order valence-corrected chi connectivity index (χ3v) is 4.31. The minimum absolute atomic E-state index is 0.0262. The summed E-state index contributed by atoms with van der Waals surface area (Å²) in [5.41, 5.74) is 0.329. The van der Waals surface area contributed by atoms with Crippen molar-refractivity contribution in [3.8, 4) is 0 Å². The minimum atomic E-state index is -0.521. The van der Waals surface area contributed by atoms with Crippen molar-refractivity contribution in [1.82, 2.24) is 9.78 Å².